The molecule has 130 valence electrons. The van der Waals surface area contributed by atoms with Crippen LogP contribution in [0.3, 0.4) is 0 Å². The van der Waals surface area contributed by atoms with E-state index in [9.17, 15) is 9.59 Å². The summed E-state index contributed by atoms with van der Waals surface area (Å²) in [4.78, 5) is 28.4. The first kappa shape index (κ1) is 20.4. The van der Waals surface area contributed by atoms with Crippen molar-refractivity contribution in [1.82, 2.24) is 16.1 Å². The average Bonchev–Trinajstić information content (AvgIpc) is 2.23. The lowest BCUT2D eigenvalue weighted by Gasteiger charge is -2.26. The number of alkyl carbamates (subject to hydrolysis) is 2. The van der Waals surface area contributed by atoms with E-state index in [1.165, 1.54) is 0 Å². The van der Waals surface area contributed by atoms with Crippen molar-refractivity contribution in [3.63, 3.8) is 0 Å². The minimum absolute atomic E-state index is 0.197. The minimum Gasteiger partial charge on any atom is -0.444 e. The monoisotopic (exact) mass is 320 g/mol. The van der Waals surface area contributed by atoms with E-state index in [0.29, 0.717) is 0 Å². The molecule has 5 N–H and O–H groups in total. The number of hydrogen-bond donors (Lipinski definition) is 4. The van der Waals surface area contributed by atoms with Crippen LogP contribution in [-0.4, -0.2) is 42.8 Å². The van der Waals surface area contributed by atoms with Crippen molar-refractivity contribution < 1.29 is 23.9 Å². The standard InChI is InChI=1S/C13H28N4O5/c1-12(2,3)21-10(18)15-9(17-20-8-7-14)16-11(19)22-13(4,5)6/h9,17H,7-8,14H2,1-6H3,(H,15,18)(H,16,19). The molecule has 0 atom stereocenters. The van der Waals surface area contributed by atoms with E-state index in [4.69, 9.17) is 20.0 Å². The van der Waals surface area contributed by atoms with Crippen molar-refractivity contribution in [3.05, 3.63) is 0 Å². The molecule has 0 aliphatic carbocycles. The van der Waals surface area contributed by atoms with Crippen molar-refractivity contribution >= 4 is 12.2 Å². The Morgan fingerprint density at radius 2 is 1.36 bits per heavy atom. The first-order chi connectivity index (χ1) is 9.93. The molecule has 0 aromatic carbocycles. The Labute approximate surface area is 131 Å². The first-order valence-electron chi connectivity index (χ1n) is 6.99. The number of hydroxylamine groups is 1. The summed E-state index contributed by atoms with van der Waals surface area (Å²) in [6.45, 7) is 10.8. The maximum atomic E-state index is 11.7. The number of ether oxygens (including phenoxy) is 2. The summed E-state index contributed by atoms with van der Waals surface area (Å²) < 4.78 is 10.2. The van der Waals surface area contributed by atoms with Crippen LogP contribution in [0.2, 0.25) is 0 Å². The molecule has 0 aromatic heterocycles. The average molecular weight is 320 g/mol. The summed E-state index contributed by atoms with van der Waals surface area (Å²) in [5.74, 6) is 0. The molecule has 0 rings (SSSR count). The van der Waals surface area contributed by atoms with Gasteiger partial charge in [-0.25, -0.2) is 9.59 Å². The Balaban J connectivity index is 4.55. The molecular weight excluding hydrogens is 292 g/mol. The Morgan fingerprint density at radius 1 is 0.955 bits per heavy atom. The van der Waals surface area contributed by atoms with E-state index < -0.39 is 29.7 Å². The van der Waals surface area contributed by atoms with Crippen molar-refractivity contribution in [3.8, 4) is 0 Å². The highest BCUT2D eigenvalue weighted by molar-refractivity contribution is 5.71. The molecule has 0 heterocycles. The van der Waals surface area contributed by atoms with Crippen LogP contribution in [0.4, 0.5) is 9.59 Å². The van der Waals surface area contributed by atoms with Gasteiger partial charge in [0.25, 0.3) is 0 Å². The van der Waals surface area contributed by atoms with E-state index in [1.54, 1.807) is 41.5 Å². The fourth-order valence-electron chi connectivity index (χ4n) is 1.15. The Hall–Kier alpha value is -1.58. The van der Waals surface area contributed by atoms with Crippen LogP contribution in [0, 0.1) is 0 Å². The predicted octanol–water partition coefficient (Wildman–Crippen LogP) is 0.799. The van der Waals surface area contributed by atoms with Gasteiger partial charge in [-0.05, 0) is 41.5 Å². The van der Waals surface area contributed by atoms with Crippen LogP contribution in [-0.2, 0) is 14.3 Å². The summed E-state index contributed by atoms with van der Waals surface area (Å²) >= 11 is 0. The number of rotatable bonds is 6. The molecule has 9 nitrogen and oxygen atoms in total. The SMILES string of the molecule is CC(C)(C)OC(=O)NC(NOCCN)NC(=O)OC(C)(C)C. The predicted molar refractivity (Wildman–Crippen MR) is 80.7 cm³/mol. The first-order valence-corrected chi connectivity index (χ1v) is 6.99. The number of hydrogen-bond acceptors (Lipinski definition) is 7. The third kappa shape index (κ3) is 12.2. The van der Waals surface area contributed by atoms with Gasteiger partial charge in [0.05, 0.1) is 6.61 Å². The normalized spacial score (nSPS) is 12.0. The summed E-state index contributed by atoms with van der Waals surface area (Å²) in [6.07, 6.45) is -2.48. The number of amides is 2. The lowest BCUT2D eigenvalue weighted by Crippen LogP contribution is -2.58. The van der Waals surface area contributed by atoms with Gasteiger partial charge in [-0.3, -0.25) is 15.5 Å². The largest absolute Gasteiger partial charge is 0.444 e. The molecule has 0 aliphatic rings. The van der Waals surface area contributed by atoms with E-state index in [-0.39, 0.29) is 13.2 Å². The van der Waals surface area contributed by atoms with E-state index in [2.05, 4.69) is 16.1 Å². The zero-order chi connectivity index (χ0) is 17.4. The summed E-state index contributed by atoms with van der Waals surface area (Å²) in [7, 11) is 0. The Kier molecular flexibility index (Phi) is 8.13. The molecule has 0 radical (unpaired) electrons. The highest BCUT2D eigenvalue weighted by atomic mass is 16.7. The summed E-state index contributed by atoms with van der Waals surface area (Å²) in [5, 5.41) is 4.80. The number of carbonyl (C=O) groups is 2. The lowest BCUT2D eigenvalue weighted by atomic mass is 10.2. The number of carbonyl (C=O) groups excluding carboxylic acids is 2. The molecule has 0 bridgehead atoms. The molecule has 0 fully saturated rings. The van der Waals surface area contributed by atoms with Gasteiger partial charge >= 0.3 is 12.2 Å². The molecule has 2 amide bonds. The molecule has 22 heavy (non-hydrogen) atoms. The van der Waals surface area contributed by atoms with Gasteiger partial charge in [-0.1, -0.05) is 0 Å². The van der Waals surface area contributed by atoms with Crippen molar-refractivity contribution in [2.75, 3.05) is 13.2 Å². The second-order valence-electron chi connectivity index (χ2n) is 6.48. The molecule has 0 aliphatic heterocycles. The van der Waals surface area contributed by atoms with Gasteiger partial charge in [0, 0.05) is 6.54 Å². The lowest BCUT2D eigenvalue weighted by molar-refractivity contribution is -0.0108. The number of nitrogens with two attached hydrogens (primary N) is 1. The van der Waals surface area contributed by atoms with E-state index in [0.717, 1.165) is 0 Å². The van der Waals surface area contributed by atoms with Crippen LogP contribution < -0.4 is 21.8 Å². The van der Waals surface area contributed by atoms with Gasteiger partial charge in [0.2, 0.25) is 0 Å². The maximum absolute atomic E-state index is 11.7. The van der Waals surface area contributed by atoms with Crippen LogP contribution in [0.1, 0.15) is 41.5 Å². The highest BCUT2D eigenvalue weighted by Gasteiger charge is 2.23. The van der Waals surface area contributed by atoms with Gasteiger partial charge in [-0.2, -0.15) is 5.48 Å². The van der Waals surface area contributed by atoms with Crippen LogP contribution in [0.5, 0.6) is 0 Å². The maximum Gasteiger partial charge on any atom is 0.410 e. The summed E-state index contributed by atoms with van der Waals surface area (Å²) in [5.41, 5.74) is 6.41. The van der Waals surface area contributed by atoms with Gasteiger partial charge in [0.1, 0.15) is 11.2 Å². The topological polar surface area (TPSA) is 124 Å². The molecule has 9 heteroatoms. The van der Waals surface area contributed by atoms with Crippen molar-refractivity contribution in [2.24, 2.45) is 5.73 Å². The van der Waals surface area contributed by atoms with Crippen LogP contribution in [0.25, 0.3) is 0 Å². The van der Waals surface area contributed by atoms with Crippen LogP contribution in [0.15, 0.2) is 0 Å². The highest BCUT2D eigenvalue weighted by Crippen LogP contribution is 2.07. The number of nitrogens with one attached hydrogen (secondary N) is 3. The van der Waals surface area contributed by atoms with E-state index >= 15 is 0 Å². The molecule has 0 spiro atoms. The molecule has 0 unspecified atom stereocenters. The van der Waals surface area contributed by atoms with Gasteiger partial charge in [-0.15, -0.1) is 0 Å². The Morgan fingerprint density at radius 3 is 1.68 bits per heavy atom. The van der Waals surface area contributed by atoms with Crippen LogP contribution >= 0.6 is 0 Å². The van der Waals surface area contributed by atoms with Gasteiger partial charge < -0.3 is 15.2 Å². The van der Waals surface area contributed by atoms with Crippen molar-refractivity contribution in [2.45, 2.75) is 59.0 Å². The quantitative estimate of drug-likeness (QED) is 0.324. The third-order valence-corrected chi connectivity index (χ3v) is 1.74. The van der Waals surface area contributed by atoms with E-state index in [1.807, 2.05) is 0 Å². The molecule has 0 saturated carbocycles. The summed E-state index contributed by atoms with van der Waals surface area (Å²) in [6, 6.07) is 0. The van der Waals surface area contributed by atoms with Gasteiger partial charge in [0.15, 0.2) is 6.29 Å². The minimum atomic E-state index is -1.03. The second kappa shape index (κ2) is 8.76. The molecule has 0 aromatic rings. The van der Waals surface area contributed by atoms with Crippen molar-refractivity contribution in [1.29, 1.82) is 0 Å². The fraction of sp³-hybridized carbons (Fsp3) is 0.846. The Bertz CT molecular complexity index is 332. The third-order valence-electron chi connectivity index (χ3n) is 1.74. The second-order valence-corrected chi connectivity index (χ2v) is 6.48. The zero-order valence-electron chi connectivity index (χ0n) is 14.1. The zero-order valence-corrected chi connectivity index (χ0v) is 14.1. The smallest absolute Gasteiger partial charge is 0.410 e. The molecule has 0 saturated heterocycles. The fourth-order valence-corrected chi connectivity index (χ4v) is 1.15. The molecular formula is C13H28N4O5.